The summed E-state index contributed by atoms with van der Waals surface area (Å²) in [6, 6.07) is 8.95. The van der Waals surface area contributed by atoms with E-state index in [0.717, 1.165) is 82.2 Å². The van der Waals surface area contributed by atoms with Gasteiger partial charge >= 0.3 is 0 Å². The van der Waals surface area contributed by atoms with Gasteiger partial charge in [-0.3, -0.25) is 4.79 Å². The number of piperidine rings is 1. The highest BCUT2D eigenvalue weighted by molar-refractivity contribution is 5.96. The highest BCUT2D eigenvalue weighted by Gasteiger charge is 2.63. The number of hydrogen-bond acceptors (Lipinski definition) is 6. The summed E-state index contributed by atoms with van der Waals surface area (Å²) < 4.78 is 5.42. The van der Waals surface area contributed by atoms with Gasteiger partial charge in [-0.1, -0.05) is 49.6 Å². The Balaban J connectivity index is 1.04. The molecule has 1 aliphatic heterocycles. The monoisotopic (exact) mass is 643 g/mol. The summed E-state index contributed by atoms with van der Waals surface area (Å²) in [5, 5.41) is 18.9. The molecule has 0 spiro atoms. The van der Waals surface area contributed by atoms with Crippen LogP contribution in [0.1, 0.15) is 97.5 Å². The number of terminal acetylenes is 1. The average Bonchev–Trinajstić information content (AvgIpc) is 3.34. The van der Waals surface area contributed by atoms with Gasteiger partial charge < -0.3 is 24.9 Å². The zero-order valence-corrected chi connectivity index (χ0v) is 29.6. The molecule has 4 aliphatic carbocycles. The zero-order valence-electron chi connectivity index (χ0n) is 29.6. The smallest absolute Gasteiger partial charge is 0.260 e. The minimum Gasteiger partial charge on any atom is -0.497 e. The number of fused-ring (bicyclic) bond motifs is 5. The summed E-state index contributed by atoms with van der Waals surface area (Å²) in [7, 11) is 3.90. The predicted molar refractivity (Wildman–Crippen MR) is 187 cm³/mol. The molecule has 47 heavy (non-hydrogen) atoms. The van der Waals surface area contributed by atoms with Crippen molar-refractivity contribution < 1.29 is 19.5 Å². The molecule has 6 rings (SSSR count). The van der Waals surface area contributed by atoms with E-state index in [-0.39, 0.29) is 28.8 Å². The van der Waals surface area contributed by atoms with Gasteiger partial charge in [-0.25, -0.2) is 0 Å². The number of aliphatic hydroxyl groups is 1. The second kappa shape index (κ2) is 12.9. The number of allylic oxidation sites excluding steroid dienone is 2. The van der Waals surface area contributed by atoms with Gasteiger partial charge in [0, 0.05) is 30.0 Å². The van der Waals surface area contributed by atoms with Crippen LogP contribution < -0.4 is 10.1 Å². The third-order valence-corrected chi connectivity index (χ3v) is 14.2. The average molecular weight is 644 g/mol. The van der Waals surface area contributed by atoms with Crippen molar-refractivity contribution in [3.63, 3.8) is 0 Å². The lowest BCUT2D eigenvalue weighted by molar-refractivity contribution is -0.125. The van der Waals surface area contributed by atoms with Crippen molar-refractivity contribution in [2.24, 2.45) is 39.7 Å². The van der Waals surface area contributed by atoms with Gasteiger partial charge in [0.25, 0.3) is 5.91 Å². The van der Waals surface area contributed by atoms with Crippen molar-refractivity contribution in [1.82, 2.24) is 10.2 Å². The molecule has 0 bridgehead atoms. The lowest BCUT2D eigenvalue weighted by atomic mass is 9.46. The first-order chi connectivity index (χ1) is 22.4. The molecule has 3 saturated carbocycles. The Morgan fingerprint density at radius 3 is 2.57 bits per heavy atom. The summed E-state index contributed by atoms with van der Waals surface area (Å²) in [5.41, 5.74) is 2.74. The Bertz CT molecular complexity index is 1430. The van der Waals surface area contributed by atoms with Crippen LogP contribution in [0.5, 0.6) is 5.75 Å². The first-order valence-corrected chi connectivity index (χ1v) is 18.1. The number of rotatable bonds is 8. The van der Waals surface area contributed by atoms with Crippen LogP contribution in [0.3, 0.4) is 0 Å². The largest absolute Gasteiger partial charge is 0.497 e. The van der Waals surface area contributed by atoms with Crippen LogP contribution in [-0.2, 0) is 15.0 Å². The van der Waals surface area contributed by atoms with Crippen LogP contribution in [0, 0.1) is 46.8 Å². The molecule has 1 amide bonds. The number of hydrogen-bond donors (Lipinski definition) is 2. The van der Waals surface area contributed by atoms with E-state index in [9.17, 15) is 9.90 Å². The molecular weight excluding hydrogens is 586 g/mol. The standard InChI is InChI=1S/C40H57N3O4/c1-8-40(45)20-17-35-33-14-11-30-23-31(15-18-37(30,4)34(33)16-19-38(35,40)5)42-47-26-36(44)41-22-21-39(24-28(3)43(6)25-27(39)2)29-9-12-32(46-7)13-10-29/h1,9-10,12-13,23,27-28,33-35,45H,11,14-22,24-26H2,2-7H3,(H,41,44)/b42-31+/t27?,28?,33?,34?,35?,37-,38-,39?,40-/m0/s1. The quantitative estimate of drug-likeness (QED) is 0.250. The first-order valence-electron chi connectivity index (χ1n) is 18.1. The van der Waals surface area contributed by atoms with E-state index in [2.05, 4.69) is 74.2 Å². The molecule has 4 fully saturated rings. The van der Waals surface area contributed by atoms with Crippen molar-refractivity contribution in [2.75, 3.05) is 33.9 Å². The van der Waals surface area contributed by atoms with Gasteiger partial charge in [0.2, 0.25) is 0 Å². The van der Waals surface area contributed by atoms with Crippen LogP contribution in [-0.4, -0.2) is 67.1 Å². The van der Waals surface area contributed by atoms with E-state index in [1.54, 1.807) is 7.11 Å². The minimum absolute atomic E-state index is 0.0241. The van der Waals surface area contributed by atoms with Crippen molar-refractivity contribution in [1.29, 1.82) is 0 Å². The second-order valence-corrected chi connectivity index (χ2v) is 16.2. The number of nitrogens with zero attached hydrogens (tertiary/aromatic N) is 2. The molecule has 1 heterocycles. The normalized spacial score (nSPS) is 40.8. The molecule has 0 radical (unpaired) electrons. The number of ether oxygens (including phenoxy) is 1. The number of oxime groups is 1. The molecule has 1 saturated heterocycles. The Hall–Kier alpha value is -2.82. The van der Waals surface area contributed by atoms with Crippen molar-refractivity contribution in [3.8, 4) is 18.1 Å². The number of methoxy groups -OCH3 is 1. The summed E-state index contributed by atoms with van der Waals surface area (Å²) in [4.78, 5) is 21.0. The number of nitrogens with one attached hydrogen (secondary N) is 1. The second-order valence-electron chi connectivity index (χ2n) is 16.2. The SMILES string of the molecule is C#C[C@]1(O)CCC2C3CCC4=C/C(=N/OCC(=O)NCCC5(c6ccc(OC)cc6)CC(C)N(C)CC5C)CC[C@]4(C)C3CC[C@@]21C. The fourth-order valence-corrected chi connectivity index (χ4v) is 11.0. The topological polar surface area (TPSA) is 83.4 Å². The highest BCUT2D eigenvalue weighted by atomic mass is 16.6. The molecule has 9 atom stereocenters. The molecule has 2 N–H and O–H groups in total. The summed E-state index contributed by atoms with van der Waals surface area (Å²) >= 11 is 0. The number of amides is 1. The maximum atomic E-state index is 12.9. The lowest BCUT2D eigenvalue weighted by Gasteiger charge is -2.58. The maximum Gasteiger partial charge on any atom is 0.260 e. The Morgan fingerprint density at radius 2 is 1.85 bits per heavy atom. The molecule has 1 aromatic carbocycles. The Kier molecular flexibility index (Phi) is 9.35. The highest BCUT2D eigenvalue weighted by Crippen LogP contribution is 2.67. The van der Waals surface area contributed by atoms with E-state index in [1.807, 2.05) is 12.1 Å². The number of benzene rings is 1. The zero-order chi connectivity index (χ0) is 33.6. The Labute approximate surface area is 282 Å². The van der Waals surface area contributed by atoms with Gasteiger partial charge in [-0.05, 0) is 131 Å². The van der Waals surface area contributed by atoms with E-state index in [1.165, 1.54) is 11.1 Å². The van der Waals surface area contributed by atoms with Gasteiger partial charge in [0.05, 0.1) is 12.8 Å². The van der Waals surface area contributed by atoms with Crippen LogP contribution in [0.4, 0.5) is 0 Å². The van der Waals surface area contributed by atoms with Crippen LogP contribution in [0.25, 0.3) is 0 Å². The van der Waals surface area contributed by atoms with E-state index in [0.29, 0.717) is 36.3 Å². The molecular formula is C40H57N3O4. The molecule has 7 heteroatoms. The first kappa shape index (κ1) is 34.1. The van der Waals surface area contributed by atoms with Crippen LogP contribution in [0.15, 0.2) is 41.1 Å². The van der Waals surface area contributed by atoms with Crippen molar-refractivity contribution in [2.45, 2.75) is 109 Å². The van der Waals surface area contributed by atoms with Crippen molar-refractivity contribution >= 4 is 11.6 Å². The molecule has 7 nitrogen and oxygen atoms in total. The lowest BCUT2D eigenvalue weighted by Crippen LogP contribution is -2.54. The predicted octanol–water partition coefficient (Wildman–Crippen LogP) is 6.50. The Morgan fingerprint density at radius 1 is 1.11 bits per heavy atom. The number of likely N-dealkylation sites (tertiary alicyclic amines) is 1. The molecule has 0 aromatic heterocycles. The third kappa shape index (κ3) is 5.82. The number of carbonyl (C=O) groups is 1. The molecule has 5 aliphatic rings. The van der Waals surface area contributed by atoms with Crippen LogP contribution >= 0.6 is 0 Å². The van der Waals surface area contributed by atoms with E-state index >= 15 is 0 Å². The van der Waals surface area contributed by atoms with Gasteiger partial charge in [0.1, 0.15) is 11.4 Å². The fraction of sp³-hybridized carbons (Fsp3) is 0.700. The van der Waals surface area contributed by atoms with Gasteiger partial charge in [-0.2, -0.15) is 0 Å². The van der Waals surface area contributed by atoms with E-state index in [4.69, 9.17) is 16.0 Å². The minimum atomic E-state index is -0.961. The number of carbonyl (C=O) groups excluding carboxylic acids is 1. The summed E-state index contributed by atoms with van der Waals surface area (Å²) in [5.74, 6) is 5.70. The van der Waals surface area contributed by atoms with Crippen LogP contribution in [0.2, 0.25) is 0 Å². The van der Waals surface area contributed by atoms with Gasteiger partial charge in [-0.15, -0.1) is 6.42 Å². The molecule has 256 valence electrons. The molecule has 1 aromatic rings. The maximum absolute atomic E-state index is 12.9. The van der Waals surface area contributed by atoms with E-state index < -0.39 is 5.60 Å². The summed E-state index contributed by atoms with van der Waals surface area (Å²) in [6.45, 7) is 10.9. The fourth-order valence-electron chi connectivity index (χ4n) is 11.0. The summed E-state index contributed by atoms with van der Waals surface area (Å²) in [6.07, 6.45) is 18.0. The third-order valence-electron chi connectivity index (χ3n) is 14.2. The van der Waals surface area contributed by atoms with Gasteiger partial charge in [0.15, 0.2) is 6.61 Å². The van der Waals surface area contributed by atoms with Crippen molar-refractivity contribution in [3.05, 3.63) is 41.5 Å². The molecule has 6 unspecified atom stereocenters.